The van der Waals surface area contributed by atoms with Gasteiger partial charge in [-0.25, -0.2) is 0 Å². The molecule has 17 heavy (non-hydrogen) atoms. The zero-order chi connectivity index (χ0) is 12.5. The fourth-order valence-corrected chi connectivity index (χ4v) is 2.03. The molecule has 0 radical (unpaired) electrons. The second-order valence-corrected chi connectivity index (χ2v) is 4.62. The van der Waals surface area contributed by atoms with E-state index in [1.807, 2.05) is 12.1 Å². The summed E-state index contributed by atoms with van der Waals surface area (Å²) in [5, 5.41) is 9.28. The van der Waals surface area contributed by atoms with Crippen molar-refractivity contribution in [3.8, 4) is 5.75 Å². The van der Waals surface area contributed by atoms with Crippen LogP contribution in [0.15, 0.2) is 18.2 Å². The highest BCUT2D eigenvalue weighted by molar-refractivity contribution is 5.81. The van der Waals surface area contributed by atoms with Gasteiger partial charge in [-0.15, -0.1) is 0 Å². The molecule has 1 aliphatic rings. The lowest BCUT2D eigenvalue weighted by Gasteiger charge is -2.26. The van der Waals surface area contributed by atoms with Crippen LogP contribution >= 0.6 is 0 Å². The summed E-state index contributed by atoms with van der Waals surface area (Å²) in [6.45, 7) is 2.47. The lowest BCUT2D eigenvalue weighted by molar-refractivity contribution is -0.142. The molecule has 0 unspecified atom stereocenters. The number of rotatable bonds is 3. The number of hydrogen-bond acceptors (Lipinski definition) is 3. The summed E-state index contributed by atoms with van der Waals surface area (Å²) in [6.07, 6.45) is 1.91. The lowest BCUT2D eigenvalue weighted by atomic mass is 9.81. The number of nitrogens with two attached hydrogens (primary N) is 1. The molecule has 2 rings (SSSR count). The van der Waals surface area contributed by atoms with Gasteiger partial charge in [0.05, 0.1) is 6.61 Å². The van der Waals surface area contributed by atoms with Gasteiger partial charge in [0.1, 0.15) is 11.2 Å². The second-order valence-electron chi connectivity index (χ2n) is 4.62. The third-order valence-corrected chi connectivity index (χ3v) is 3.43. The molecule has 0 spiro atoms. The molecule has 0 amide bonds. The Morgan fingerprint density at radius 1 is 1.59 bits per heavy atom. The summed E-state index contributed by atoms with van der Waals surface area (Å²) in [7, 11) is 0. The summed E-state index contributed by atoms with van der Waals surface area (Å²) >= 11 is 0. The van der Waals surface area contributed by atoms with E-state index >= 15 is 0 Å². The topological polar surface area (TPSA) is 72.6 Å². The first-order valence-electron chi connectivity index (χ1n) is 5.77. The quantitative estimate of drug-likeness (QED) is 0.828. The fourth-order valence-electron chi connectivity index (χ4n) is 2.03. The summed E-state index contributed by atoms with van der Waals surface area (Å²) < 4.78 is 5.51. The van der Waals surface area contributed by atoms with Crippen molar-refractivity contribution in [2.75, 3.05) is 13.2 Å². The molecule has 0 bridgehead atoms. The Morgan fingerprint density at radius 3 is 3.00 bits per heavy atom. The smallest absolute Gasteiger partial charge is 0.315 e. The Bertz CT molecular complexity index is 444. The van der Waals surface area contributed by atoms with Crippen LogP contribution in [-0.2, 0) is 16.6 Å². The minimum Gasteiger partial charge on any atom is -0.493 e. The van der Waals surface area contributed by atoms with Crippen molar-refractivity contribution in [1.29, 1.82) is 0 Å². The fraction of sp³-hybridized carbons (Fsp3) is 0.462. The van der Waals surface area contributed by atoms with Crippen LogP contribution in [0.5, 0.6) is 5.75 Å². The van der Waals surface area contributed by atoms with Gasteiger partial charge in [-0.3, -0.25) is 4.79 Å². The zero-order valence-electron chi connectivity index (χ0n) is 9.90. The molecule has 0 aliphatic carbocycles. The summed E-state index contributed by atoms with van der Waals surface area (Å²) in [6, 6.07) is 5.56. The Hall–Kier alpha value is -1.55. The summed E-state index contributed by atoms with van der Waals surface area (Å²) in [5.74, 6) is -0.0264. The first kappa shape index (κ1) is 11.9. The van der Waals surface area contributed by atoms with E-state index in [-0.39, 0.29) is 6.54 Å². The van der Waals surface area contributed by atoms with Crippen LogP contribution in [0, 0.1) is 0 Å². The molecule has 92 valence electrons. The van der Waals surface area contributed by atoms with Gasteiger partial charge in [0.25, 0.3) is 0 Å². The van der Waals surface area contributed by atoms with E-state index in [2.05, 4.69) is 0 Å². The van der Waals surface area contributed by atoms with Gasteiger partial charge in [-0.2, -0.15) is 0 Å². The van der Waals surface area contributed by atoms with E-state index in [4.69, 9.17) is 10.5 Å². The van der Waals surface area contributed by atoms with E-state index < -0.39 is 11.4 Å². The summed E-state index contributed by atoms with van der Waals surface area (Å²) in [4.78, 5) is 11.3. The van der Waals surface area contributed by atoms with Crippen molar-refractivity contribution in [3.05, 3.63) is 29.3 Å². The molecule has 0 fully saturated rings. The number of hydrogen-bond donors (Lipinski definition) is 2. The molecule has 4 nitrogen and oxygen atoms in total. The highest BCUT2D eigenvalue weighted by atomic mass is 16.5. The molecular weight excluding hydrogens is 218 g/mol. The van der Waals surface area contributed by atoms with Crippen LogP contribution in [0.2, 0.25) is 0 Å². The van der Waals surface area contributed by atoms with E-state index in [9.17, 15) is 9.90 Å². The molecule has 1 heterocycles. The van der Waals surface area contributed by atoms with E-state index in [0.717, 1.165) is 36.3 Å². The van der Waals surface area contributed by atoms with Crippen LogP contribution in [0.25, 0.3) is 0 Å². The molecule has 1 aliphatic heterocycles. The standard InChI is InChI=1S/C13H17NO3/c1-13(8-14,12(15)16)10-4-5-11-9(7-10)3-2-6-17-11/h4-5,7H,2-3,6,8,14H2,1H3,(H,15,16)/t13-/m0/s1. The monoisotopic (exact) mass is 235 g/mol. The van der Waals surface area contributed by atoms with E-state index in [0.29, 0.717) is 0 Å². The van der Waals surface area contributed by atoms with Crippen LogP contribution < -0.4 is 10.5 Å². The highest BCUT2D eigenvalue weighted by Gasteiger charge is 2.34. The van der Waals surface area contributed by atoms with Crippen LogP contribution in [0.4, 0.5) is 0 Å². The number of fused-ring (bicyclic) bond motifs is 1. The van der Waals surface area contributed by atoms with Crippen molar-refractivity contribution in [1.82, 2.24) is 0 Å². The predicted molar refractivity (Wildman–Crippen MR) is 64.3 cm³/mol. The molecule has 0 saturated heterocycles. The number of carboxylic acid groups (broad SMARTS) is 1. The van der Waals surface area contributed by atoms with Crippen molar-refractivity contribution in [2.24, 2.45) is 5.73 Å². The number of benzene rings is 1. The SMILES string of the molecule is C[C@@](CN)(C(=O)O)c1ccc2c(c1)CCCO2. The number of aryl methyl sites for hydroxylation is 1. The zero-order valence-corrected chi connectivity index (χ0v) is 9.90. The Kier molecular flexibility index (Phi) is 3.07. The van der Waals surface area contributed by atoms with Crippen LogP contribution in [0.3, 0.4) is 0 Å². The van der Waals surface area contributed by atoms with Crippen molar-refractivity contribution in [3.63, 3.8) is 0 Å². The van der Waals surface area contributed by atoms with Gasteiger partial charge in [0, 0.05) is 6.54 Å². The minimum absolute atomic E-state index is 0.0853. The van der Waals surface area contributed by atoms with Crippen molar-refractivity contribution < 1.29 is 14.6 Å². The maximum Gasteiger partial charge on any atom is 0.315 e. The third-order valence-electron chi connectivity index (χ3n) is 3.43. The van der Waals surface area contributed by atoms with Crippen LogP contribution in [-0.4, -0.2) is 24.2 Å². The van der Waals surface area contributed by atoms with Gasteiger partial charge in [0.15, 0.2) is 0 Å². The van der Waals surface area contributed by atoms with Gasteiger partial charge in [-0.05, 0) is 37.0 Å². The Labute approximate surface area is 100 Å². The molecule has 0 aromatic heterocycles. The maximum atomic E-state index is 11.3. The highest BCUT2D eigenvalue weighted by Crippen LogP contribution is 2.31. The Balaban J connectivity index is 2.42. The van der Waals surface area contributed by atoms with Gasteiger partial charge in [0.2, 0.25) is 0 Å². The molecule has 4 heteroatoms. The first-order valence-corrected chi connectivity index (χ1v) is 5.77. The average molecular weight is 235 g/mol. The predicted octanol–water partition coefficient (Wildman–Crippen LogP) is 1.31. The van der Waals surface area contributed by atoms with Crippen molar-refractivity contribution >= 4 is 5.97 Å². The molecule has 0 saturated carbocycles. The van der Waals surface area contributed by atoms with Gasteiger partial charge >= 0.3 is 5.97 Å². The lowest BCUT2D eigenvalue weighted by Crippen LogP contribution is -2.40. The number of aliphatic carboxylic acids is 1. The molecule has 3 N–H and O–H groups in total. The summed E-state index contributed by atoms with van der Waals surface area (Å²) in [5.41, 5.74) is 6.41. The molecule has 1 aromatic carbocycles. The van der Waals surface area contributed by atoms with Crippen molar-refractivity contribution in [2.45, 2.75) is 25.2 Å². The number of carbonyl (C=O) groups is 1. The maximum absolute atomic E-state index is 11.3. The van der Waals surface area contributed by atoms with E-state index in [1.165, 1.54) is 0 Å². The molecular formula is C13H17NO3. The largest absolute Gasteiger partial charge is 0.493 e. The normalized spacial score (nSPS) is 17.8. The average Bonchev–Trinajstić information content (AvgIpc) is 2.37. The third kappa shape index (κ3) is 2.00. The minimum atomic E-state index is -1.02. The second kappa shape index (κ2) is 4.37. The number of ether oxygens (including phenoxy) is 1. The van der Waals surface area contributed by atoms with Gasteiger partial charge in [-0.1, -0.05) is 12.1 Å². The first-order chi connectivity index (χ1) is 8.08. The van der Waals surface area contributed by atoms with Crippen LogP contribution in [0.1, 0.15) is 24.5 Å². The molecule has 1 atom stereocenters. The van der Waals surface area contributed by atoms with E-state index in [1.54, 1.807) is 13.0 Å². The molecule has 1 aromatic rings. The Morgan fingerprint density at radius 2 is 2.35 bits per heavy atom. The number of carboxylic acids is 1. The van der Waals surface area contributed by atoms with Gasteiger partial charge < -0.3 is 15.6 Å².